The second kappa shape index (κ2) is 9.71. The molecular formula is C20H10Cl3N3O3S. The van der Waals surface area contributed by atoms with E-state index >= 15 is 0 Å². The van der Waals surface area contributed by atoms with Gasteiger partial charge in [0.15, 0.2) is 5.75 Å². The van der Waals surface area contributed by atoms with Crippen LogP contribution in [0.25, 0.3) is 6.08 Å². The van der Waals surface area contributed by atoms with Gasteiger partial charge in [-0.2, -0.15) is 10.5 Å². The van der Waals surface area contributed by atoms with Crippen LogP contribution in [0.4, 0.5) is 5.00 Å². The van der Waals surface area contributed by atoms with Gasteiger partial charge < -0.3 is 14.5 Å². The summed E-state index contributed by atoms with van der Waals surface area (Å²) in [7, 11) is 0. The normalized spacial score (nSPS) is 10.9. The van der Waals surface area contributed by atoms with Crippen molar-refractivity contribution in [3.8, 4) is 17.9 Å². The van der Waals surface area contributed by atoms with Crippen LogP contribution in [-0.4, -0.2) is 5.91 Å². The van der Waals surface area contributed by atoms with E-state index in [4.69, 9.17) is 49.2 Å². The van der Waals surface area contributed by atoms with Crippen molar-refractivity contribution >= 4 is 63.1 Å². The van der Waals surface area contributed by atoms with Crippen molar-refractivity contribution in [3.05, 3.63) is 73.4 Å². The van der Waals surface area contributed by atoms with E-state index in [1.807, 2.05) is 12.1 Å². The lowest BCUT2D eigenvalue weighted by Gasteiger charge is -2.08. The number of carbonyl (C=O) groups excluding carboxylic acids is 1. The number of nitrogens with zero attached hydrogens (tertiary/aromatic N) is 2. The maximum Gasteiger partial charge on any atom is 0.267 e. The summed E-state index contributed by atoms with van der Waals surface area (Å²) in [6, 6.07) is 11.6. The molecule has 2 heterocycles. The highest BCUT2D eigenvalue weighted by Crippen LogP contribution is 2.36. The molecule has 0 saturated carbocycles. The molecule has 0 spiro atoms. The second-order valence-electron chi connectivity index (χ2n) is 5.69. The van der Waals surface area contributed by atoms with Crippen molar-refractivity contribution in [1.82, 2.24) is 0 Å². The van der Waals surface area contributed by atoms with E-state index in [9.17, 15) is 10.1 Å². The summed E-state index contributed by atoms with van der Waals surface area (Å²) >= 11 is 19.2. The van der Waals surface area contributed by atoms with E-state index < -0.39 is 5.91 Å². The van der Waals surface area contributed by atoms with Crippen molar-refractivity contribution in [1.29, 1.82) is 10.5 Å². The number of carbonyl (C=O) groups is 1. The van der Waals surface area contributed by atoms with Crippen LogP contribution in [0.2, 0.25) is 15.1 Å². The van der Waals surface area contributed by atoms with Gasteiger partial charge in [0.1, 0.15) is 40.8 Å². The molecule has 0 fully saturated rings. The lowest BCUT2D eigenvalue weighted by Crippen LogP contribution is -2.13. The van der Waals surface area contributed by atoms with Crippen LogP contribution in [0.1, 0.15) is 17.1 Å². The fraction of sp³-hybridized carbons (Fsp3) is 0.0500. The first kappa shape index (κ1) is 21.8. The molecule has 10 heteroatoms. The van der Waals surface area contributed by atoms with Crippen LogP contribution in [-0.2, 0) is 11.4 Å². The molecule has 0 saturated heterocycles. The molecule has 1 amide bonds. The Morgan fingerprint density at radius 1 is 1.20 bits per heavy atom. The minimum Gasteiger partial charge on any atom is -0.483 e. The zero-order valence-electron chi connectivity index (χ0n) is 14.9. The Labute approximate surface area is 190 Å². The van der Waals surface area contributed by atoms with Crippen molar-refractivity contribution in [2.45, 2.75) is 6.61 Å². The first-order chi connectivity index (χ1) is 14.4. The molecule has 0 aliphatic heterocycles. The lowest BCUT2D eigenvalue weighted by molar-refractivity contribution is -0.112. The third kappa shape index (κ3) is 5.15. The summed E-state index contributed by atoms with van der Waals surface area (Å²) in [4.78, 5) is 12.3. The number of hydrogen-bond acceptors (Lipinski definition) is 6. The highest BCUT2D eigenvalue weighted by Gasteiger charge is 2.15. The molecule has 150 valence electrons. The van der Waals surface area contributed by atoms with Crippen molar-refractivity contribution in [2.24, 2.45) is 0 Å². The maximum absolute atomic E-state index is 12.3. The van der Waals surface area contributed by atoms with Gasteiger partial charge in [0.05, 0.1) is 15.6 Å². The molecule has 3 rings (SSSR count). The number of halogens is 3. The van der Waals surface area contributed by atoms with E-state index in [0.717, 1.165) is 0 Å². The SMILES string of the molecule is N#C/C(=C\c1ccc(COc2c(Cl)cc(Cl)cc2Cl)o1)C(=O)Nc1sccc1C#N. The molecule has 2 aromatic heterocycles. The standard InChI is InChI=1S/C20H10Cl3N3O3S/c21-13-6-16(22)18(17(23)7-13)28-10-15-2-1-14(29-15)5-12(9-25)19(27)26-20-11(8-24)3-4-30-20/h1-7H,10H2,(H,26,27)/b12-5+. The number of thiophene rings is 1. The molecule has 0 atom stereocenters. The molecule has 1 N–H and O–H groups in total. The number of ether oxygens (including phenoxy) is 1. The third-order valence-electron chi connectivity index (χ3n) is 3.67. The Kier molecular flexibility index (Phi) is 7.04. The Bertz CT molecular complexity index is 1190. The number of anilines is 1. The molecule has 0 unspecified atom stereocenters. The number of benzene rings is 1. The van der Waals surface area contributed by atoms with Gasteiger partial charge in [0.25, 0.3) is 5.91 Å². The number of nitrogens with one attached hydrogen (secondary N) is 1. The van der Waals surface area contributed by atoms with Gasteiger partial charge in [-0.1, -0.05) is 34.8 Å². The minimum absolute atomic E-state index is 0.0176. The number of nitriles is 2. The molecule has 0 aliphatic carbocycles. The molecule has 0 aliphatic rings. The molecule has 3 aromatic rings. The Morgan fingerprint density at radius 2 is 1.93 bits per heavy atom. The van der Waals surface area contributed by atoms with Gasteiger partial charge in [0.2, 0.25) is 0 Å². The van der Waals surface area contributed by atoms with E-state index in [1.165, 1.54) is 29.5 Å². The highest BCUT2D eigenvalue weighted by atomic mass is 35.5. The van der Waals surface area contributed by atoms with Crippen molar-refractivity contribution < 1.29 is 13.9 Å². The smallest absolute Gasteiger partial charge is 0.267 e. The van der Waals surface area contributed by atoms with Crippen LogP contribution < -0.4 is 10.1 Å². The van der Waals surface area contributed by atoms with E-state index in [-0.39, 0.29) is 33.7 Å². The van der Waals surface area contributed by atoms with Gasteiger partial charge in [-0.25, -0.2) is 0 Å². The minimum atomic E-state index is -0.648. The fourth-order valence-corrected chi connectivity index (χ4v) is 3.97. The van der Waals surface area contributed by atoms with Crippen molar-refractivity contribution in [3.63, 3.8) is 0 Å². The van der Waals surface area contributed by atoms with E-state index in [0.29, 0.717) is 21.3 Å². The number of amides is 1. The first-order valence-corrected chi connectivity index (χ1v) is 10.2. The predicted molar refractivity (Wildman–Crippen MR) is 116 cm³/mol. The van der Waals surface area contributed by atoms with Crippen LogP contribution in [0.3, 0.4) is 0 Å². The quantitative estimate of drug-likeness (QED) is 0.331. The van der Waals surface area contributed by atoms with E-state index in [1.54, 1.807) is 23.6 Å². The molecule has 30 heavy (non-hydrogen) atoms. The molecule has 1 aromatic carbocycles. The lowest BCUT2D eigenvalue weighted by atomic mass is 10.2. The van der Waals surface area contributed by atoms with Gasteiger partial charge in [-0.3, -0.25) is 4.79 Å². The molecule has 0 radical (unpaired) electrons. The topological polar surface area (TPSA) is 99.0 Å². The zero-order valence-corrected chi connectivity index (χ0v) is 18.0. The average Bonchev–Trinajstić information content (AvgIpc) is 3.34. The average molecular weight is 479 g/mol. The highest BCUT2D eigenvalue weighted by molar-refractivity contribution is 7.14. The monoisotopic (exact) mass is 477 g/mol. The summed E-state index contributed by atoms with van der Waals surface area (Å²) in [5.41, 5.74) is 0.139. The number of furan rings is 1. The first-order valence-electron chi connectivity index (χ1n) is 8.18. The fourth-order valence-electron chi connectivity index (χ4n) is 2.32. The van der Waals surface area contributed by atoms with Gasteiger partial charge >= 0.3 is 0 Å². The summed E-state index contributed by atoms with van der Waals surface area (Å²) in [6.45, 7) is 0.0176. The van der Waals surface area contributed by atoms with Crippen LogP contribution in [0.15, 0.2) is 45.7 Å². The van der Waals surface area contributed by atoms with Crippen molar-refractivity contribution in [2.75, 3.05) is 5.32 Å². The summed E-state index contributed by atoms with van der Waals surface area (Å²) in [5, 5.41) is 23.8. The predicted octanol–water partition coefficient (Wildman–Crippen LogP) is 6.30. The zero-order chi connectivity index (χ0) is 21.7. The Balaban J connectivity index is 1.70. The summed E-state index contributed by atoms with van der Waals surface area (Å²) < 4.78 is 11.2. The second-order valence-corrected chi connectivity index (χ2v) is 7.86. The van der Waals surface area contributed by atoms with Gasteiger partial charge in [0, 0.05) is 11.1 Å². The Morgan fingerprint density at radius 3 is 2.60 bits per heavy atom. The molecule has 6 nitrogen and oxygen atoms in total. The van der Waals surface area contributed by atoms with Gasteiger partial charge in [-0.15, -0.1) is 11.3 Å². The Hall–Kier alpha value is -2.94. The third-order valence-corrected chi connectivity index (χ3v) is 5.28. The summed E-state index contributed by atoms with van der Waals surface area (Å²) in [6.07, 6.45) is 1.29. The maximum atomic E-state index is 12.3. The number of hydrogen-bond donors (Lipinski definition) is 1. The van der Waals surface area contributed by atoms with Crippen LogP contribution in [0, 0.1) is 22.7 Å². The largest absolute Gasteiger partial charge is 0.483 e. The van der Waals surface area contributed by atoms with E-state index in [2.05, 4.69) is 5.32 Å². The summed E-state index contributed by atoms with van der Waals surface area (Å²) in [5.74, 6) is 0.314. The van der Waals surface area contributed by atoms with Gasteiger partial charge in [-0.05, 0) is 35.7 Å². The van der Waals surface area contributed by atoms with Crippen LogP contribution >= 0.6 is 46.1 Å². The molecular weight excluding hydrogens is 469 g/mol. The van der Waals surface area contributed by atoms with Crippen LogP contribution in [0.5, 0.6) is 5.75 Å². The molecule has 0 bridgehead atoms. The number of rotatable bonds is 6.